The molecular weight excluding hydrogens is 299 g/mol. The second-order valence-corrected chi connectivity index (χ2v) is 4.82. The highest BCUT2D eigenvalue weighted by atomic mass is 79.9. The average molecular weight is 311 g/mol. The van der Waals surface area contributed by atoms with Crippen molar-refractivity contribution in [3.05, 3.63) is 58.1 Å². The first kappa shape index (κ1) is 12.8. The second-order valence-electron chi connectivity index (χ2n) is 3.97. The lowest BCUT2D eigenvalue weighted by atomic mass is 10.2. The van der Waals surface area contributed by atoms with E-state index in [9.17, 15) is 9.18 Å². The van der Waals surface area contributed by atoms with Crippen LogP contribution in [0.5, 0.6) is 0 Å². The molecule has 0 saturated heterocycles. The molecule has 1 N–H and O–H groups in total. The molecule has 0 unspecified atom stereocenters. The molecule has 0 saturated carbocycles. The third kappa shape index (κ3) is 2.79. The van der Waals surface area contributed by atoms with E-state index in [0.717, 1.165) is 5.56 Å². The lowest BCUT2D eigenvalue weighted by Crippen LogP contribution is -2.23. The number of carbonyl (C=O) groups is 1. The number of halogens is 2. The minimum absolute atomic E-state index is 0.0420. The number of amides is 1. The van der Waals surface area contributed by atoms with Gasteiger partial charge in [-0.15, -0.1) is 0 Å². The molecule has 1 aromatic heterocycles. The molecule has 0 aliphatic carbocycles. The van der Waals surface area contributed by atoms with Crippen molar-refractivity contribution >= 4 is 21.8 Å². The first-order chi connectivity index (χ1) is 8.58. The van der Waals surface area contributed by atoms with Crippen molar-refractivity contribution in [1.29, 1.82) is 0 Å². The molecule has 2 aromatic rings. The predicted molar refractivity (Wildman–Crippen MR) is 70.7 cm³/mol. The minimum Gasteiger partial charge on any atom is -0.357 e. The molecule has 1 amide bonds. The van der Waals surface area contributed by atoms with Crippen LogP contribution in [0.15, 0.2) is 41.1 Å². The van der Waals surface area contributed by atoms with Crippen LogP contribution in [-0.4, -0.2) is 10.5 Å². The first-order valence-corrected chi connectivity index (χ1v) is 6.20. The molecule has 0 spiro atoms. The van der Waals surface area contributed by atoms with Crippen molar-refractivity contribution in [3.63, 3.8) is 0 Å². The van der Waals surface area contributed by atoms with Crippen LogP contribution in [0.1, 0.15) is 15.9 Å². The largest absolute Gasteiger partial charge is 0.357 e. The summed E-state index contributed by atoms with van der Waals surface area (Å²) in [5.41, 5.74) is 1.02. The van der Waals surface area contributed by atoms with Crippen LogP contribution in [0.3, 0.4) is 0 Å². The zero-order valence-corrected chi connectivity index (χ0v) is 11.4. The predicted octanol–water partition coefficient (Wildman–Crippen LogP) is 2.86. The maximum atomic E-state index is 13.7. The van der Waals surface area contributed by atoms with Gasteiger partial charge in [-0.2, -0.15) is 0 Å². The van der Waals surface area contributed by atoms with Crippen LogP contribution in [0.25, 0.3) is 0 Å². The topological polar surface area (TPSA) is 34.0 Å². The Morgan fingerprint density at radius 3 is 2.89 bits per heavy atom. The van der Waals surface area contributed by atoms with Gasteiger partial charge in [0.25, 0.3) is 5.91 Å². The number of nitrogens with zero attached hydrogens (tertiary/aromatic N) is 1. The molecule has 2 rings (SSSR count). The minimum atomic E-state index is -0.539. The fourth-order valence-corrected chi connectivity index (χ4v) is 1.99. The van der Waals surface area contributed by atoms with Crippen LogP contribution in [0.4, 0.5) is 4.39 Å². The van der Waals surface area contributed by atoms with E-state index in [1.807, 2.05) is 30.1 Å². The van der Waals surface area contributed by atoms with Gasteiger partial charge < -0.3 is 9.88 Å². The monoisotopic (exact) mass is 310 g/mol. The summed E-state index contributed by atoms with van der Waals surface area (Å²) in [7, 11) is 1.90. The molecule has 1 heterocycles. The van der Waals surface area contributed by atoms with Crippen LogP contribution < -0.4 is 5.32 Å². The fraction of sp³-hybridized carbons (Fsp3) is 0.154. The van der Waals surface area contributed by atoms with Gasteiger partial charge in [-0.25, -0.2) is 4.39 Å². The summed E-state index contributed by atoms with van der Waals surface area (Å²) in [5, 5.41) is 2.68. The maximum Gasteiger partial charge on any atom is 0.254 e. The molecule has 5 heteroatoms. The Morgan fingerprint density at radius 2 is 2.22 bits per heavy atom. The van der Waals surface area contributed by atoms with Crippen molar-refractivity contribution in [2.45, 2.75) is 6.54 Å². The van der Waals surface area contributed by atoms with Crippen LogP contribution in [0, 0.1) is 5.82 Å². The summed E-state index contributed by atoms with van der Waals surface area (Å²) in [4.78, 5) is 11.8. The molecule has 0 bridgehead atoms. The number of hydrogen-bond donors (Lipinski definition) is 1. The van der Waals surface area contributed by atoms with E-state index in [1.54, 1.807) is 12.1 Å². The zero-order valence-electron chi connectivity index (χ0n) is 9.78. The molecule has 0 radical (unpaired) electrons. The standard InChI is InChI=1S/C13H12BrFN2O/c1-17-6-5-9(8-17)7-16-13(18)10-3-2-4-11(14)12(10)15/h2-6,8H,7H2,1H3,(H,16,18). The Kier molecular flexibility index (Phi) is 3.81. The first-order valence-electron chi connectivity index (χ1n) is 5.41. The van der Waals surface area contributed by atoms with Crippen molar-refractivity contribution in [2.24, 2.45) is 7.05 Å². The van der Waals surface area contributed by atoms with Gasteiger partial charge in [-0.05, 0) is 39.7 Å². The molecule has 1 aromatic carbocycles. The number of aromatic nitrogens is 1. The van der Waals surface area contributed by atoms with Crippen LogP contribution >= 0.6 is 15.9 Å². The highest BCUT2D eigenvalue weighted by Gasteiger charge is 2.13. The highest BCUT2D eigenvalue weighted by molar-refractivity contribution is 9.10. The molecule has 0 atom stereocenters. The lowest BCUT2D eigenvalue weighted by molar-refractivity contribution is 0.0946. The smallest absolute Gasteiger partial charge is 0.254 e. The summed E-state index contributed by atoms with van der Waals surface area (Å²) in [6.07, 6.45) is 3.79. The van der Waals surface area contributed by atoms with Crippen LogP contribution in [-0.2, 0) is 13.6 Å². The van der Waals surface area contributed by atoms with Gasteiger partial charge in [0.15, 0.2) is 0 Å². The molecule has 0 aliphatic rings. The number of rotatable bonds is 3. The Hall–Kier alpha value is -1.62. The van der Waals surface area contributed by atoms with Crippen molar-refractivity contribution in [1.82, 2.24) is 9.88 Å². The summed E-state index contributed by atoms with van der Waals surface area (Å²) in [6, 6.07) is 6.55. The summed E-state index contributed by atoms with van der Waals surface area (Å²) in [6.45, 7) is 0.381. The summed E-state index contributed by atoms with van der Waals surface area (Å²) >= 11 is 3.06. The quantitative estimate of drug-likeness (QED) is 0.929. The summed E-state index contributed by atoms with van der Waals surface area (Å²) in [5.74, 6) is -0.958. The van der Waals surface area contributed by atoms with Gasteiger partial charge in [0.05, 0.1) is 10.0 Å². The molecule has 3 nitrogen and oxygen atoms in total. The summed E-state index contributed by atoms with van der Waals surface area (Å²) < 4.78 is 15.8. The average Bonchev–Trinajstić information content (AvgIpc) is 2.76. The number of nitrogens with one attached hydrogen (secondary N) is 1. The van der Waals surface area contributed by atoms with Gasteiger partial charge >= 0.3 is 0 Å². The molecule has 0 fully saturated rings. The third-order valence-corrected chi connectivity index (χ3v) is 3.15. The lowest BCUT2D eigenvalue weighted by Gasteiger charge is -2.05. The molecule has 0 aliphatic heterocycles. The Balaban J connectivity index is 2.06. The van der Waals surface area contributed by atoms with Gasteiger partial charge in [0.2, 0.25) is 0 Å². The van der Waals surface area contributed by atoms with Crippen LogP contribution in [0.2, 0.25) is 0 Å². The van der Waals surface area contributed by atoms with Crippen molar-refractivity contribution in [3.8, 4) is 0 Å². The van der Waals surface area contributed by atoms with E-state index in [4.69, 9.17) is 0 Å². The number of aryl methyl sites for hydroxylation is 1. The van der Waals surface area contributed by atoms with E-state index in [1.165, 1.54) is 6.07 Å². The number of hydrogen-bond acceptors (Lipinski definition) is 1. The third-order valence-electron chi connectivity index (χ3n) is 2.54. The van der Waals surface area contributed by atoms with Gasteiger partial charge in [-0.1, -0.05) is 6.07 Å². The Bertz CT molecular complexity index is 580. The SMILES string of the molecule is Cn1ccc(CNC(=O)c2cccc(Br)c2F)c1. The maximum absolute atomic E-state index is 13.7. The second kappa shape index (κ2) is 5.35. The van der Waals surface area contributed by atoms with Gasteiger partial charge in [0.1, 0.15) is 5.82 Å². The molecule has 94 valence electrons. The van der Waals surface area contributed by atoms with Gasteiger partial charge in [-0.3, -0.25) is 4.79 Å². The van der Waals surface area contributed by atoms with E-state index < -0.39 is 11.7 Å². The normalized spacial score (nSPS) is 10.4. The van der Waals surface area contributed by atoms with Gasteiger partial charge in [0, 0.05) is 26.0 Å². The fourth-order valence-electron chi connectivity index (χ4n) is 1.62. The number of carbonyl (C=O) groups excluding carboxylic acids is 1. The van der Waals surface area contributed by atoms with Crippen molar-refractivity contribution < 1.29 is 9.18 Å². The number of benzene rings is 1. The Morgan fingerprint density at radius 1 is 1.44 bits per heavy atom. The van der Waals surface area contributed by atoms with E-state index >= 15 is 0 Å². The highest BCUT2D eigenvalue weighted by Crippen LogP contribution is 2.18. The zero-order chi connectivity index (χ0) is 13.1. The molecule has 18 heavy (non-hydrogen) atoms. The van der Waals surface area contributed by atoms with E-state index in [2.05, 4.69) is 21.2 Å². The van der Waals surface area contributed by atoms with E-state index in [0.29, 0.717) is 6.54 Å². The van der Waals surface area contributed by atoms with E-state index in [-0.39, 0.29) is 10.0 Å². The Labute approximate surface area is 113 Å². The molecular formula is C13H12BrFN2O. The van der Waals surface area contributed by atoms with Crippen molar-refractivity contribution in [2.75, 3.05) is 0 Å².